The molecular formula is C16H21ClFN3O3. The van der Waals surface area contributed by atoms with Gasteiger partial charge in [-0.3, -0.25) is 14.5 Å². The standard InChI is InChI=1S/C16H21ClFN3O3/c1-11(16(23)19-14-4-3-12(18)9-13(14)17)20(2)10-15(22)21-5-7-24-8-6-21/h3-4,9,11H,5-8,10H2,1-2H3,(H,19,23)/t11-/m0/s1. The minimum Gasteiger partial charge on any atom is -0.378 e. The van der Waals surface area contributed by atoms with Crippen LogP contribution in [0.5, 0.6) is 0 Å². The second-order valence-electron chi connectivity index (χ2n) is 5.70. The van der Waals surface area contributed by atoms with Crippen LogP contribution in [0.15, 0.2) is 18.2 Å². The molecule has 0 unspecified atom stereocenters. The van der Waals surface area contributed by atoms with Gasteiger partial charge in [-0.05, 0) is 32.2 Å². The Labute approximate surface area is 145 Å². The Morgan fingerprint density at radius 2 is 2.08 bits per heavy atom. The summed E-state index contributed by atoms with van der Waals surface area (Å²) in [6.07, 6.45) is 0. The summed E-state index contributed by atoms with van der Waals surface area (Å²) < 4.78 is 18.3. The molecule has 1 N–H and O–H groups in total. The lowest BCUT2D eigenvalue weighted by atomic mass is 10.2. The highest BCUT2D eigenvalue weighted by molar-refractivity contribution is 6.33. The van der Waals surface area contributed by atoms with Gasteiger partial charge in [-0.1, -0.05) is 11.6 Å². The number of anilines is 1. The van der Waals surface area contributed by atoms with E-state index in [0.29, 0.717) is 32.0 Å². The lowest BCUT2D eigenvalue weighted by Crippen LogP contribution is -2.48. The van der Waals surface area contributed by atoms with Crippen LogP contribution in [-0.2, 0) is 14.3 Å². The third kappa shape index (κ3) is 4.90. The Hall–Kier alpha value is -1.70. The van der Waals surface area contributed by atoms with Gasteiger partial charge in [-0.15, -0.1) is 0 Å². The summed E-state index contributed by atoms with van der Waals surface area (Å²) in [5.74, 6) is -0.833. The van der Waals surface area contributed by atoms with E-state index in [1.807, 2.05) is 0 Å². The summed E-state index contributed by atoms with van der Waals surface area (Å²) in [5.41, 5.74) is 0.336. The first-order valence-electron chi connectivity index (χ1n) is 7.70. The molecule has 1 aliphatic heterocycles. The molecule has 1 aliphatic rings. The minimum absolute atomic E-state index is 0.0414. The lowest BCUT2D eigenvalue weighted by Gasteiger charge is -2.30. The molecule has 1 fully saturated rings. The van der Waals surface area contributed by atoms with Gasteiger partial charge in [0.05, 0.1) is 36.5 Å². The molecule has 2 amide bonds. The van der Waals surface area contributed by atoms with E-state index in [1.165, 1.54) is 12.1 Å². The first-order chi connectivity index (χ1) is 11.4. The van der Waals surface area contributed by atoms with E-state index >= 15 is 0 Å². The van der Waals surface area contributed by atoms with E-state index in [0.717, 1.165) is 6.07 Å². The average molecular weight is 358 g/mol. The zero-order chi connectivity index (χ0) is 17.7. The number of amides is 2. The van der Waals surface area contributed by atoms with Crippen molar-refractivity contribution in [1.82, 2.24) is 9.80 Å². The molecule has 24 heavy (non-hydrogen) atoms. The van der Waals surface area contributed by atoms with Gasteiger partial charge in [0, 0.05) is 13.1 Å². The van der Waals surface area contributed by atoms with Crippen molar-refractivity contribution < 1.29 is 18.7 Å². The van der Waals surface area contributed by atoms with Crippen molar-refractivity contribution in [3.63, 3.8) is 0 Å². The van der Waals surface area contributed by atoms with Crippen LogP contribution < -0.4 is 5.32 Å². The molecule has 1 saturated heterocycles. The third-order valence-electron chi connectivity index (χ3n) is 3.98. The predicted octanol–water partition coefficient (Wildman–Crippen LogP) is 1.60. The van der Waals surface area contributed by atoms with Gasteiger partial charge in [0.25, 0.3) is 0 Å². The summed E-state index contributed by atoms with van der Waals surface area (Å²) in [5, 5.41) is 2.77. The van der Waals surface area contributed by atoms with Gasteiger partial charge in [0.1, 0.15) is 5.82 Å². The van der Waals surface area contributed by atoms with Crippen LogP contribution in [0.3, 0.4) is 0 Å². The zero-order valence-electron chi connectivity index (χ0n) is 13.7. The van der Waals surface area contributed by atoms with Gasteiger partial charge in [0.15, 0.2) is 0 Å². The molecule has 132 valence electrons. The molecule has 8 heteroatoms. The van der Waals surface area contributed by atoms with E-state index in [1.54, 1.807) is 23.8 Å². The van der Waals surface area contributed by atoms with Crippen LogP contribution in [-0.4, -0.2) is 67.6 Å². The monoisotopic (exact) mass is 357 g/mol. The molecule has 0 bridgehead atoms. The quantitative estimate of drug-likeness (QED) is 0.869. The van der Waals surface area contributed by atoms with Gasteiger partial charge in [-0.2, -0.15) is 0 Å². The fraction of sp³-hybridized carbons (Fsp3) is 0.500. The van der Waals surface area contributed by atoms with Crippen molar-refractivity contribution in [2.45, 2.75) is 13.0 Å². The normalized spacial score (nSPS) is 16.1. The van der Waals surface area contributed by atoms with E-state index < -0.39 is 11.9 Å². The number of benzene rings is 1. The molecule has 1 aromatic carbocycles. The number of hydrogen-bond donors (Lipinski definition) is 1. The maximum Gasteiger partial charge on any atom is 0.241 e. The zero-order valence-corrected chi connectivity index (χ0v) is 14.5. The summed E-state index contributed by atoms with van der Waals surface area (Å²) >= 11 is 5.90. The number of halogens is 2. The predicted molar refractivity (Wildman–Crippen MR) is 89.5 cm³/mol. The number of nitrogens with zero attached hydrogens (tertiary/aromatic N) is 2. The largest absolute Gasteiger partial charge is 0.378 e. The van der Waals surface area contributed by atoms with Crippen LogP contribution in [0, 0.1) is 5.82 Å². The molecule has 1 aromatic rings. The fourth-order valence-corrected chi connectivity index (χ4v) is 2.51. The Morgan fingerprint density at radius 1 is 1.42 bits per heavy atom. The molecule has 0 aliphatic carbocycles. The van der Waals surface area contributed by atoms with Crippen molar-refractivity contribution in [3.05, 3.63) is 29.0 Å². The summed E-state index contributed by atoms with van der Waals surface area (Å²) in [6, 6.07) is 3.21. The molecule has 0 saturated carbocycles. The van der Waals surface area contributed by atoms with E-state index in [-0.39, 0.29) is 23.4 Å². The number of rotatable bonds is 5. The maximum atomic E-state index is 13.0. The fourth-order valence-electron chi connectivity index (χ4n) is 2.29. The third-order valence-corrected chi connectivity index (χ3v) is 4.29. The highest BCUT2D eigenvalue weighted by atomic mass is 35.5. The maximum absolute atomic E-state index is 13.0. The second-order valence-corrected chi connectivity index (χ2v) is 6.10. The summed E-state index contributed by atoms with van der Waals surface area (Å²) in [7, 11) is 1.70. The van der Waals surface area contributed by atoms with Gasteiger partial charge in [0.2, 0.25) is 11.8 Å². The Balaban J connectivity index is 1.90. The molecular weight excluding hydrogens is 337 g/mol. The van der Waals surface area contributed by atoms with Gasteiger partial charge >= 0.3 is 0 Å². The number of ether oxygens (including phenoxy) is 1. The molecule has 6 nitrogen and oxygen atoms in total. The number of nitrogens with one attached hydrogen (secondary N) is 1. The number of morpholine rings is 1. The smallest absolute Gasteiger partial charge is 0.241 e. The van der Waals surface area contributed by atoms with E-state index in [2.05, 4.69) is 5.32 Å². The van der Waals surface area contributed by atoms with Crippen molar-refractivity contribution in [2.24, 2.45) is 0 Å². The van der Waals surface area contributed by atoms with Gasteiger partial charge in [-0.25, -0.2) is 4.39 Å². The van der Waals surface area contributed by atoms with Crippen molar-refractivity contribution in [3.8, 4) is 0 Å². The van der Waals surface area contributed by atoms with Crippen LogP contribution >= 0.6 is 11.6 Å². The summed E-state index contributed by atoms with van der Waals surface area (Å²) in [6.45, 7) is 4.03. The van der Waals surface area contributed by atoms with Crippen molar-refractivity contribution in [2.75, 3.05) is 45.2 Å². The van der Waals surface area contributed by atoms with Crippen LogP contribution in [0.4, 0.5) is 10.1 Å². The first kappa shape index (κ1) is 18.6. The molecule has 2 rings (SSSR count). The SMILES string of the molecule is C[C@@H](C(=O)Nc1ccc(F)cc1Cl)N(C)CC(=O)N1CCOCC1. The van der Waals surface area contributed by atoms with Crippen LogP contribution in [0.2, 0.25) is 5.02 Å². The first-order valence-corrected chi connectivity index (χ1v) is 8.08. The van der Waals surface area contributed by atoms with E-state index in [4.69, 9.17) is 16.3 Å². The topological polar surface area (TPSA) is 61.9 Å². The van der Waals surface area contributed by atoms with Crippen LogP contribution in [0.25, 0.3) is 0 Å². The average Bonchev–Trinajstić information content (AvgIpc) is 2.57. The number of hydrogen-bond acceptors (Lipinski definition) is 4. The van der Waals surface area contributed by atoms with Crippen molar-refractivity contribution >= 4 is 29.1 Å². The Bertz CT molecular complexity index is 608. The molecule has 1 heterocycles. The molecule has 0 radical (unpaired) electrons. The number of carbonyl (C=O) groups excluding carboxylic acids is 2. The van der Waals surface area contributed by atoms with Gasteiger partial charge < -0.3 is 15.0 Å². The molecule has 0 spiro atoms. The van der Waals surface area contributed by atoms with E-state index in [9.17, 15) is 14.0 Å². The number of likely N-dealkylation sites (N-methyl/N-ethyl adjacent to an activating group) is 1. The summed E-state index contributed by atoms with van der Waals surface area (Å²) in [4.78, 5) is 27.9. The van der Waals surface area contributed by atoms with Crippen molar-refractivity contribution in [1.29, 1.82) is 0 Å². The Kier molecular flexibility index (Phi) is 6.53. The van der Waals surface area contributed by atoms with Crippen LogP contribution in [0.1, 0.15) is 6.92 Å². The lowest BCUT2D eigenvalue weighted by molar-refractivity contribution is -0.137. The number of carbonyl (C=O) groups is 2. The Morgan fingerprint density at radius 3 is 2.71 bits per heavy atom. The highest BCUT2D eigenvalue weighted by Crippen LogP contribution is 2.22. The molecule has 1 atom stereocenters. The molecule has 0 aromatic heterocycles. The highest BCUT2D eigenvalue weighted by Gasteiger charge is 2.24. The minimum atomic E-state index is -0.545. The second kappa shape index (κ2) is 8.41.